The summed E-state index contributed by atoms with van der Waals surface area (Å²) >= 11 is 0. The minimum Gasteiger partial charge on any atom is -0.486 e. The van der Waals surface area contributed by atoms with E-state index in [4.69, 9.17) is 9.47 Å². The van der Waals surface area contributed by atoms with Gasteiger partial charge >= 0.3 is 0 Å². The van der Waals surface area contributed by atoms with Gasteiger partial charge in [0.2, 0.25) is 5.91 Å². The molecular weight excluding hydrogens is 356 g/mol. The summed E-state index contributed by atoms with van der Waals surface area (Å²) in [7, 11) is 3.65. The number of likely N-dealkylation sites (N-methyl/N-ethyl adjacent to an activating group) is 1. The molecule has 28 heavy (non-hydrogen) atoms. The molecule has 7 nitrogen and oxygen atoms in total. The quantitative estimate of drug-likeness (QED) is 0.797. The molecule has 0 bridgehead atoms. The number of benzene rings is 1. The van der Waals surface area contributed by atoms with Gasteiger partial charge < -0.3 is 20.1 Å². The zero-order valence-corrected chi connectivity index (χ0v) is 16.5. The zero-order chi connectivity index (χ0) is 19.6. The van der Waals surface area contributed by atoms with Gasteiger partial charge in [-0.25, -0.2) is 0 Å². The first kappa shape index (κ1) is 18.8. The van der Waals surface area contributed by atoms with E-state index in [1.807, 2.05) is 19.3 Å². The number of carbonyl (C=O) groups excluding carboxylic acids is 1. The van der Waals surface area contributed by atoms with Crippen LogP contribution >= 0.6 is 0 Å². The second kappa shape index (κ2) is 7.83. The molecule has 1 aromatic heterocycles. The molecule has 1 aliphatic heterocycles. The van der Waals surface area contributed by atoms with Crippen molar-refractivity contribution >= 4 is 5.91 Å². The molecule has 7 heteroatoms. The van der Waals surface area contributed by atoms with Crippen molar-refractivity contribution in [3.8, 4) is 11.5 Å². The number of ether oxygens (including phenoxy) is 2. The standard InChI is InChI=1S/C21H28N4O3/c1-22-19(15-12-24-25(2)13-15)20(26)23-14-21(7-3-4-8-21)16-5-6-17-18(11-16)28-10-9-27-17/h5-6,11-13,19,22H,3-4,7-10,14H2,1-2H3,(H,23,26). The molecule has 0 radical (unpaired) electrons. The van der Waals surface area contributed by atoms with Crippen molar-refractivity contribution in [3.05, 3.63) is 41.7 Å². The SMILES string of the molecule is CNC(C(=O)NCC1(c2ccc3c(c2)OCCO3)CCCC1)c1cnn(C)c1. The van der Waals surface area contributed by atoms with Gasteiger partial charge in [-0.3, -0.25) is 9.48 Å². The summed E-state index contributed by atoms with van der Waals surface area (Å²) in [5.74, 6) is 1.59. The number of nitrogens with one attached hydrogen (secondary N) is 2. The fourth-order valence-electron chi connectivity index (χ4n) is 4.39. The second-order valence-electron chi connectivity index (χ2n) is 7.73. The topological polar surface area (TPSA) is 77.4 Å². The van der Waals surface area contributed by atoms with Crippen molar-refractivity contribution in [2.24, 2.45) is 7.05 Å². The highest BCUT2D eigenvalue weighted by Crippen LogP contribution is 2.43. The lowest BCUT2D eigenvalue weighted by atomic mass is 9.78. The number of amides is 1. The number of rotatable bonds is 6. The van der Waals surface area contributed by atoms with E-state index in [1.54, 1.807) is 17.9 Å². The van der Waals surface area contributed by atoms with Crippen LogP contribution in [-0.2, 0) is 17.3 Å². The molecule has 2 heterocycles. The van der Waals surface area contributed by atoms with Gasteiger partial charge in [-0.1, -0.05) is 18.9 Å². The van der Waals surface area contributed by atoms with Crippen molar-refractivity contribution in [3.63, 3.8) is 0 Å². The van der Waals surface area contributed by atoms with Crippen molar-refractivity contribution in [1.29, 1.82) is 0 Å². The third kappa shape index (κ3) is 3.58. The smallest absolute Gasteiger partial charge is 0.241 e. The average molecular weight is 384 g/mol. The summed E-state index contributed by atoms with van der Waals surface area (Å²) in [6.07, 6.45) is 8.05. The van der Waals surface area contributed by atoms with Crippen LogP contribution in [0, 0.1) is 0 Å². The molecule has 1 saturated carbocycles. The number of hydrogen-bond acceptors (Lipinski definition) is 5. The van der Waals surface area contributed by atoms with E-state index in [2.05, 4.69) is 27.9 Å². The normalized spacial score (nSPS) is 18.6. The highest BCUT2D eigenvalue weighted by molar-refractivity contribution is 5.83. The first-order valence-electron chi connectivity index (χ1n) is 9.95. The van der Waals surface area contributed by atoms with E-state index in [1.165, 1.54) is 18.4 Å². The third-order valence-electron chi connectivity index (χ3n) is 5.93. The van der Waals surface area contributed by atoms with Crippen LogP contribution in [0.2, 0.25) is 0 Å². The zero-order valence-electron chi connectivity index (χ0n) is 16.5. The molecule has 0 saturated heterocycles. The van der Waals surface area contributed by atoms with Gasteiger partial charge in [-0.15, -0.1) is 0 Å². The monoisotopic (exact) mass is 384 g/mol. The average Bonchev–Trinajstić information content (AvgIpc) is 3.37. The molecule has 150 valence electrons. The van der Waals surface area contributed by atoms with Gasteiger partial charge in [0.15, 0.2) is 11.5 Å². The Balaban J connectivity index is 1.51. The molecule has 1 aromatic carbocycles. The number of nitrogens with zero attached hydrogens (tertiary/aromatic N) is 2. The Kier molecular flexibility index (Phi) is 5.26. The Labute approximate surface area is 165 Å². The Bertz CT molecular complexity index is 842. The van der Waals surface area contributed by atoms with Crippen LogP contribution in [0.1, 0.15) is 42.9 Å². The van der Waals surface area contributed by atoms with Gasteiger partial charge in [0.1, 0.15) is 19.3 Å². The van der Waals surface area contributed by atoms with E-state index >= 15 is 0 Å². The number of hydrogen-bond donors (Lipinski definition) is 2. The van der Waals surface area contributed by atoms with Gasteiger partial charge in [0.05, 0.1) is 6.20 Å². The largest absolute Gasteiger partial charge is 0.486 e. The minimum absolute atomic E-state index is 0.0284. The maximum Gasteiger partial charge on any atom is 0.241 e. The Morgan fingerprint density at radius 1 is 1.25 bits per heavy atom. The molecule has 2 aliphatic rings. The maximum atomic E-state index is 12.9. The van der Waals surface area contributed by atoms with Gasteiger partial charge in [0, 0.05) is 30.8 Å². The maximum absolute atomic E-state index is 12.9. The Morgan fingerprint density at radius 2 is 2.00 bits per heavy atom. The fraction of sp³-hybridized carbons (Fsp3) is 0.524. The molecule has 1 aliphatic carbocycles. The molecule has 0 spiro atoms. The summed E-state index contributed by atoms with van der Waals surface area (Å²) < 4.78 is 13.1. The summed E-state index contributed by atoms with van der Waals surface area (Å²) in [6, 6.07) is 5.81. The molecule has 1 unspecified atom stereocenters. The molecule has 2 aromatic rings. The summed E-state index contributed by atoms with van der Waals surface area (Å²) in [5, 5.41) is 10.5. The predicted molar refractivity (Wildman–Crippen MR) is 106 cm³/mol. The van der Waals surface area contributed by atoms with Crippen LogP contribution in [0.3, 0.4) is 0 Å². The third-order valence-corrected chi connectivity index (χ3v) is 5.93. The number of fused-ring (bicyclic) bond motifs is 1. The molecule has 1 atom stereocenters. The lowest BCUT2D eigenvalue weighted by molar-refractivity contribution is -0.123. The van der Waals surface area contributed by atoms with Crippen LogP contribution in [0.4, 0.5) is 0 Å². The van der Waals surface area contributed by atoms with E-state index in [-0.39, 0.29) is 11.3 Å². The summed E-state index contributed by atoms with van der Waals surface area (Å²) in [5.41, 5.74) is 2.03. The van der Waals surface area contributed by atoms with Crippen LogP contribution < -0.4 is 20.1 Å². The van der Waals surface area contributed by atoms with Crippen molar-refractivity contribution in [2.75, 3.05) is 26.8 Å². The van der Waals surface area contributed by atoms with E-state index in [0.717, 1.165) is 29.9 Å². The molecule has 1 amide bonds. The van der Waals surface area contributed by atoms with Crippen LogP contribution in [0.25, 0.3) is 0 Å². The fourth-order valence-corrected chi connectivity index (χ4v) is 4.39. The van der Waals surface area contributed by atoms with E-state index < -0.39 is 6.04 Å². The van der Waals surface area contributed by atoms with Crippen LogP contribution in [-0.4, -0.2) is 42.5 Å². The Morgan fingerprint density at radius 3 is 2.68 bits per heavy atom. The number of aromatic nitrogens is 2. The summed E-state index contributed by atoms with van der Waals surface area (Å²) in [6.45, 7) is 1.78. The van der Waals surface area contributed by atoms with Gasteiger partial charge in [-0.2, -0.15) is 5.10 Å². The lowest BCUT2D eigenvalue weighted by Crippen LogP contribution is -2.43. The van der Waals surface area contributed by atoms with Gasteiger partial charge in [0.25, 0.3) is 0 Å². The van der Waals surface area contributed by atoms with E-state index in [0.29, 0.717) is 19.8 Å². The van der Waals surface area contributed by atoms with Crippen molar-refractivity contribution in [1.82, 2.24) is 20.4 Å². The lowest BCUT2D eigenvalue weighted by Gasteiger charge is -2.32. The Hall–Kier alpha value is -2.54. The van der Waals surface area contributed by atoms with Crippen molar-refractivity contribution < 1.29 is 14.3 Å². The van der Waals surface area contributed by atoms with E-state index in [9.17, 15) is 4.79 Å². The summed E-state index contributed by atoms with van der Waals surface area (Å²) in [4.78, 5) is 12.9. The second-order valence-corrected chi connectivity index (χ2v) is 7.73. The first-order chi connectivity index (χ1) is 13.6. The van der Waals surface area contributed by atoms with Crippen LogP contribution in [0.15, 0.2) is 30.6 Å². The predicted octanol–water partition coefficient (Wildman–Crippen LogP) is 2.08. The van der Waals surface area contributed by atoms with Crippen molar-refractivity contribution in [2.45, 2.75) is 37.1 Å². The number of carbonyl (C=O) groups is 1. The highest BCUT2D eigenvalue weighted by Gasteiger charge is 2.37. The van der Waals surface area contributed by atoms with Crippen LogP contribution in [0.5, 0.6) is 11.5 Å². The molecule has 1 fully saturated rings. The first-order valence-corrected chi connectivity index (χ1v) is 9.95. The van der Waals surface area contributed by atoms with Gasteiger partial charge in [-0.05, 0) is 37.6 Å². The number of aryl methyl sites for hydroxylation is 1. The molecule has 4 rings (SSSR count). The minimum atomic E-state index is -0.410. The highest BCUT2D eigenvalue weighted by atomic mass is 16.6. The molecule has 2 N–H and O–H groups in total. The molecular formula is C21H28N4O3.